The van der Waals surface area contributed by atoms with E-state index in [0.29, 0.717) is 25.2 Å². The maximum absolute atomic E-state index is 12.6. The number of likely N-dealkylation sites (N-methyl/N-ethyl adjacent to an activating group) is 1. The lowest BCUT2D eigenvalue weighted by atomic mass is 9.84. The van der Waals surface area contributed by atoms with Crippen molar-refractivity contribution >= 4 is 17.5 Å². The van der Waals surface area contributed by atoms with E-state index in [0.717, 1.165) is 17.7 Å². The highest BCUT2D eigenvalue weighted by Gasteiger charge is 2.46. The normalized spacial score (nSPS) is 23.1. The first-order valence-electron chi connectivity index (χ1n) is 11.7. The van der Waals surface area contributed by atoms with Crippen LogP contribution in [0, 0.1) is 0 Å². The summed E-state index contributed by atoms with van der Waals surface area (Å²) in [5.74, 6) is 0.551. The fraction of sp³-hybridized carbons (Fsp3) is 0.462. The summed E-state index contributed by atoms with van der Waals surface area (Å²) in [5, 5.41) is 15.8. The van der Waals surface area contributed by atoms with Gasteiger partial charge >= 0.3 is 0 Å². The van der Waals surface area contributed by atoms with Crippen LogP contribution in [0.1, 0.15) is 29.9 Å². The summed E-state index contributed by atoms with van der Waals surface area (Å²) in [4.78, 5) is 26.5. The molecular weight excluding hydrogens is 434 g/mol. The molecule has 2 amide bonds. The fourth-order valence-electron chi connectivity index (χ4n) is 4.72. The SMILES string of the molecule is CN(C)CC(=O)Nc1ccc2c(c1)[C@H]1C[C@@H](CC(=O)NCCc3ccccc3)O[C@H](CO)[C@H]1O2. The first kappa shape index (κ1) is 24.2. The predicted molar refractivity (Wildman–Crippen MR) is 129 cm³/mol. The smallest absolute Gasteiger partial charge is 0.238 e. The molecule has 1 fully saturated rings. The number of anilines is 1. The van der Waals surface area contributed by atoms with Crippen molar-refractivity contribution in [2.24, 2.45) is 0 Å². The lowest BCUT2D eigenvalue weighted by molar-refractivity contribution is -0.142. The second-order valence-electron chi connectivity index (χ2n) is 9.23. The largest absolute Gasteiger partial charge is 0.487 e. The molecule has 0 aromatic heterocycles. The molecule has 4 rings (SSSR count). The van der Waals surface area contributed by atoms with E-state index in [4.69, 9.17) is 9.47 Å². The Bertz CT molecular complexity index is 997. The van der Waals surface area contributed by atoms with Crippen molar-refractivity contribution in [1.82, 2.24) is 10.2 Å². The Balaban J connectivity index is 1.37. The molecule has 0 bridgehead atoms. The third kappa shape index (κ3) is 5.94. The lowest BCUT2D eigenvalue weighted by Crippen LogP contribution is -2.47. The Hall–Kier alpha value is -2.94. The van der Waals surface area contributed by atoms with E-state index < -0.39 is 6.10 Å². The number of carbonyl (C=O) groups is 2. The first-order valence-corrected chi connectivity index (χ1v) is 11.7. The van der Waals surface area contributed by atoms with Crippen LogP contribution in [0.15, 0.2) is 48.5 Å². The van der Waals surface area contributed by atoms with Gasteiger partial charge < -0.3 is 30.1 Å². The van der Waals surface area contributed by atoms with E-state index >= 15 is 0 Å². The molecule has 8 nitrogen and oxygen atoms in total. The van der Waals surface area contributed by atoms with Crippen molar-refractivity contribution in [1.29, 1.82) is 0 Å². The van der Waals surface area contributed by atoms with Crippen LogP contribution < -0.4 is 15.4 Å². The summed E-state index contributed by atoms with van der Waals surface area (Å²) in [6.07, 6.45) is 0.450. The molecule has 2 aliphatic heterocycles. The number of rotatable bonds is 9. The number of hydrogen-bond acceptors (Lipinski definition) is 6. The molecule has 2 aromatic carbocycles. The molecule has 8 heteroatoms. The van der Waals surface area contributed by atoms with Crippen LogP contribution in [0.3, 0.4) is 0 Å². The van der Waals surface area contributed by atoms with Gasteiger partial charge in [0.25, 0.3) is 0 Å². The Morgan fingerprint density at radius 3 is 2.65 bits per heavy atom. The van der Waals surface area contributed by atoms with Gasteiger partial charge in [-0.05, 0) is 50.7 Å². The number of benzene rings is 2. The van der Waals surface area contributed by atoms with Gasteiger partial charge in [-0.1, -0.05) is 30.3 Å². The molecule has 2 aromatic rings. The van der Waals surface area contributed by atoms with Crippen molar-refractivity contribution < 1.29 is 24.2 Å². The fourth-order valence-corrected chi connectivity index (χ4v) is 4.72. The number of ether oxygens (including phenoxy) is 2. The third-order valence-corrected chi connectivity index (χ3v) is 6.23. The number of aliphatic hydroxyl groups is 1. The van der Waals surface area contributed by atoms with Gasteiger partial charge in [0, 0.05) is 23.7 Å². The van der Waals surface area contributed by atoms with Crippen molar-refractivity contribution in [2.45, 2.75) is 43.5 Å². The number of nitrogens with zero attached hydrogens (tertiary/aromatic N) is 1. The number of aliphatic hydroxyl groups excluding tert-OH is 1. The molecule has 2 heterocycles. The molecule has 0 radical (unpaired) electrons. The number of fused-ring (bicyclic) bond motifs is 3. The molecular formula is C26H33N3O5. The minimum atomic E-state index is -0.514. The van der Waals surface area contributed by atoms with E-state index in [9.17, 15) is 14.7 Å². The number of nitrogens with one attached hydrogen (secondary N) is 2. The topological polar surface area (TPSA) is 100 Å². The van der Waals surface area contributed by atoms with Crippen LogP contribution in [-0.4, -0.2) is 73.9 Å². The third-order valence-electron chi connectivity index (χ3n) is 6.23. The summed E-state index contributed by atoms with van der Waals surface area (Å²) in [7, 11) is 3.69. The van der Waals surface area contributed by atoms with E-state index in [1.54, 1.807) is 0 Å². The number of carbonyl (C=O) groups excluding carboxylic acids is 2. The van der Waals surface area contributed by atoms with Gasteiger partial charge in [-0.15, -0.1) is 0 Å². The molecule has 2 aliphatic rings. The Morgan fingerprint density at radius 1 is 1.12 bits per heavy atom. The lowest BCUT2D eigenvalue weighted by Gasteiger charge is -2.37. The Morgan fingerprint density at radius 2 is 1.91 bits per heavy atom. The van der Waals surface area contributed by atoms with Gasteiger partial charge in [0.15, 0.2) is 0 Å². The van der Waals surface area contributed by atoms with Crippen molar-refractivity contribution in [3.63, 3.8) is 0 Å². The maximum Gasteiger partial charge on any atom is 0.238 e. The molecule has 34 heavy (non-hydrogen) atoms. The molecule has 182 valence electrons. The zero-order valence-electron chi connectivity index (χ0n) is 19.7. The summed E-state index contributed by atoms with van der Waals surface area (Å²) < 4.78 is 12.1. The van der Waals surface area contributed by atoms with Crippen molar-refractivity contribution in [3.05, 3.63) is 59.7 Å². The Labute approximate surface area is 200 Å². The van der Waals surface area contributed by atoms with Gasteiger partial charge in [0.1, 0.15) is 18.0 Å². The van der Waals surface area contributed by atoms with E-state index in [2.05, 4.69) is 10.6 Å². The monoisotopic (exact) mass is 467 g/mol. The minimum Gasteiger partial charge on any atom is -0.487 e. The van der Waals surface area contributed by atoms with E-state index in [-0.39, 0.29) is 43.0 Å². The number of hydrogen-bond donors (Lipinski definition) is 3. The molecule has 0 saturated carbocycles. The molecule has 0 spiro atoms. The average Bonchev–Trinajstić information content (AvgIpc) is 3.16. The standard InChI is InChI=1S/C26H33N3O5/c1-29(2)15-25(32)28-18-8-9-22-20(12-18)21-13-19(33-23(16-30)26(21)34-22)14-24(31)27-11-10-17-6-4-3-5-7-17/h3-9,12,19,21,23,26,30H,10-11,13-16H2,1-2H3,(H,27,31)(H,28,32)/t19-,21+,23+,26-/m0/s1. The summed E-state index contributed by atoms with van der Waals surface area (Å²) in [6, 6.07) is 15.6. The molecule has 1 saturated heterocycles. The van der Waals surface area contributed by atoms with Crippen LogP contribution in [0.2, 0.25) is 0 Å². The highest BCUT2D eigenvalue weighted by molar-refractivity contribution is 5.92. The van der Waals surface area contributed by atoms with Gasteiger partial charge in [-0.25, -0.2) is 0 Å². The van der Waals surface area contributed by atoms with Crippen LogP contribution >= 0.6 is 0 Å². The molecule has 0 unspecified atom stereocenters. The quantitative estimate of drug-likeness (QED) is 0.521. The Kier molecular flexibility index (Phi) is 7.82. The van der Waals surface area contributed by atoms with Crippen LogP contribution in [0.25, 0.3) is 0 Å². The van der Waals surface area contributed by atoms with Gasteiger partial charge in [0.05, 0.1) is 25.7 Å². The highest BCUT2D eigenvalue weighted by Crippen LogP contribution is 2.47. The summed E-state index contributed by atoms with van der Waals surface area (Å²) >= 11 is 0. The molecule has 4 atom stereocenters. The van der Waals surface area contributed by atoms with Gasteiger partial charge in [0.2, 0.25) is 11.8 Å². The van der Waals surface area contributed by atoms with E-state index in [1.807, 2.05) is 67.5 Å². The maximum atomic E-state index is 12.6. The zero-order valence-corrected chi connectivity index (χ0v) is 19.7. The first-order chi connectivity index (χ1) is 16.4. The van der Waals surface area contributed by atoms with Crippen molar-refractivity contribution in [2.75, 3.05) is 39.1 Å². The summed E-state index contributed by atoms with van der Waals surface area (Å²) in [5.41, 5.74) is 2.86. The predicted octanol–water partition coefficient (Wildman–Crippen LogP) is 1.93. The van der Waals surface area contributed by atoms with Crippen LogP contribution in [-0.2, 0) is 20.7 Å². The summed E-state index contributed by atoms with van der Waals surface area (Å²) in [6.45, 7) is 0.669. The van der Waals surface area contributed by atoms with Gasteiger partial charge in [-0.3, -0.25) is 9.59 Å². The zero-order chi connectivity index (χ0) is 24.1. The molecule has 3 N–H and O–H groups in total. The minimum absolute atomic E-state index is 0.0197. The number of amides is 2. The van der Waals surface area contributed by atoms with Crippen LogP contribution in [0.4, 0.5) is 5.69 Å². The average molecular weight is 468 g/mol. The highest BCUT2D eigenvalue weighted by atomic mass is 16.6. The molecule has 0 aliphatic carbocycles. The van der Waals surface area contributed by atoms with Gasteiger partial charge in [-0.2, -0.15) is 0 Å². The van der Waals surface area contributed by atoms with E-state index in [1.165, 1.54) is 5.56 Å². The second kappa shape index (κ2) is 11.0. The van der Waals surface area contributed by atoms with Crippen molar-refractivity contribution in [3.8, 4) is 5.75 Å². The second-order valence-corrected chi connectivity index (χ2v) is 9.23. The van der Waals surface area contributed by atoms with Crippen LogP contribution in [0.5, 0.6) is 5.75 Å².